The molecule has 0 spiro atoms. The van der Waals surface area contributed by atoms with Crippen molar-refractivity contribution in [1.82, 2.24) is 64.1 Å². The fourth-order valence-corrected chi connectivity index (χ4v) is 6.99. The molecule has 0 atom stereocenters. The Labute approximate surface area is 347 Å². The van der Waals surface area contributed by atoms with Crippen LogP contribution in [-0.4, -0.2) is 103 Å². The van der Waals surface area contributed by atoms with E-state index in [0.29, 0.717) is 94.8 Å². The molecule has 0 saturated carbocycles. The van der Waals surface area contributed by atoms with Gasteiger partial charge in [0.05, 0.1) is 29.4 Å². The van der Waals surface area contributed by atoms with Crippen LogP contribution in [0, 0.1) is 6.92 Å². The summed E-state index contributed by atoms with van der Waals surface area (Å²) >= 11 is 0. The molecule has 2 aromatic carbocycles. The number of carbonyl (C=O) groups excluding carboxylic acids is 2. The van der Waals surface area contributed by atoms with Crippen LogP contribution in [0.2, 0.25) is 0 Å². The number of carbonyl (C=O) groups is 2. The number of nitrogens with two attached hydrogens (primary N) is 3. The highest BCUT2D eigenvalue weighted by molar-refractivity contribution is 6.01. The number of nitrogens with zero attached hydrogens (tertiary/aromatic N) is 13. The molecule has 1 fully saturated rings. The SMILES string of the molecule is Cc1cccc(-c2nn(C)c3ncnc(N)c23)c1.Cn1nc(-c2ccc(C=O)o2)c2c(N)ncnc21.Cn1nc(-c2cccc(C(=O)N3CCOCC3)c2)c2c(N)ncnc21. The van der Waals surface area contributed by atoms with Crippen LogP contribution in [-0.2, 0) is 25.9 Å². The molecule has 8 heterocycles. The lowest BCUT2D eigenvalue weighted by molar-refractivity contribution is 0.0303. The predicted molar refractivity (Wildman–Crippen MR) is 228 cm³/mol. The summed E-state index contributed by atoms with van der Waals surface area (Å²) < 4.78 is 15.6. The van der Waals surface area contributed by atoms with Crippen molar-refractivity contribution in [3.63, 3.8) is 0 Å². The van der Waals surface area contributed by atoms with Crippen LogP contribution < -0.4 is 17.2 Å². The van der Waals surface area contributed by atoms with Crippen molar-refractivity contribution in [3.8, 4) is 34.0 Å². The second-order valence-corrected chi connectivity index (χ2v) is 14.0. The van der Waals surface area contributed by atoms with Gasteiger partial charge in [0.1, 0.15) is 53.5 Å². The number of morpholine rings is 1. The third-order valence-electron chi connectivity index (χ3n) is 9.90. The number of hydrogen-bond donors (Lipinski definition) is 3. The Balaban J connectivity index is 0.000000129. The Bertz CT molecular complexity index is 3070. The summed E-state index contributed by atoms with van der Waals surface area (Å²) in [5, 5.41) is 15.4. The highest BCUT2D eigenvalue weighted by atomic mass is 16.5. The van der Waals surface area contributed by atoms with Gasteiger partial charge >= 0.3 is 0 Å². The molecule has 0 aliphatic carbocycles. The first kappa shape index (κ1) is 39.7. The van der Waals surface area contributed by atoms with Crippen molar-refractivity contribution in [2.45, 2.75) is 6.92 Å². The number of anilines is 3. The highest BCUT2D eigenvalue weighted by Gasteiger charge is 2.22. The van der Waals surface area contributed by atoms with Gasteiger partial charge in [0.25, 0.3) is 5.91 Å². The van der Waals surface area contributed by atoms with E-state index in [2.05, 4.69) is 64.3 Å². The quantitative estimate of drug-likeness (QED) is 0.207. The molecule has 1 amide bonds. The number of aryl methyl sites for hydroxylation is 4. The highest BCUT2D eigenvalue weighted by Crippen LogP contribution is 2.32. The van der Waals surface area contributed by atoms with Crippen LogP contribution in [0.25, 0.3) is 67.1 Å². The number of hydrogen-bond acceptors (Lipinski definition) is 16. The first-order valence-electron chi connectivity index (χ1n) is 18.9. The Hall–Kier alpha value is -8.13. The van der Waals surface area contributed by atoms with E-state index < -0.39 is 0 Å². The molecule has 20 nitrogen and oxygen atoms in total. The summed E-state index contributed by atoms with van der Waals surface area (Å²) in [6.07, 6.45) is 4.89. The van der Waals surface area contributed by atoms with E-state index in [1.807, 2.05) is 43.4 Å². The number of aromatic nitrogens is 12. The van der Waals surface area contributed by atoms with Crippen LogP contribution in [0.4, 0.5) is 17.5 Å². The minimum absolute atomic E-state index is 0.00499. The van der Waals surface area contributed by atoms with Gasteiger partial charge in [-0.3, -0.25) is 9.59 Å². The van der Waals surface area contributed by atoms with Crippen molar-refractivity contribution in [3.05, 3.63) is 96.5 Å². The number of ether oxygens (including phenoxy) is 1. The molecule has 61 heavy (non-hydrogen) atoms. The molecular formula is C41H40N16O4. The fraction of sp³-hybridized carbons (Fsp3) is 0.195. The van der Waals surface area contributed by atoms with Gasteiger partial charge in [-0.1, -0.05) is 35.9 Å². The van der Waals surface area contributed by atoms with Crippen LogP contribution in [0.1, 0.15) is 26.5 Å². The van der Waals surface area contributed by atoms with Gasteiger partial charge in [0.2, 0.25) is 0 Å². The second kappa shape index (κ2) is 16.6. The average Bonchev–Trinajstić information content (AvgIpc) is 4.06. The van der Waals surface area contributed by atoms with E-state index in [4.69, 9.17) is 26.4 Å². The zero-order valence-corrected chi connectivity index (χ0v) is 33.6. The van der Waals surface area contributed by atoms with Crippen molar-refractivity contribution in [2.24, 2.45) is 21.1 Å². The van der Waals surface area contributed by atoms with Gasteiger partial charge in [0.15, 0.2) is 34.7 Å². The standard InChI is InChI=1S/C17H18N6O2.C13H13N5.C11H9N5O2/c1-22-16-13(15(18)19-10-20-16)14(21-22)11-3-2-4-12(9-11)17(24)23-5-7-25-8-6-23;1-8-4-3-5-9(6-8)11-10-12(14)15-7-16-13(10)18(2)17-11;1-16-11-8(10(12)13-5-14-11)9(15-16)7-3-2-6(4-17)18-7/h2-4,9-10H,5-8H2,1H3,(H2,18,19,20);3-7H,1-2H3,(H2,14,15,16);2-5H,1H3,(H2,12,13,14). The number of rotatable bonds is 5. The van der Waals surface area contributed by atoms with Crippen molar-refractivity contribution in [2.75, 3.05) is 43.5 Å². The van der Waals surface area contributed by atoms with Gasteiger partial charge in [-0.05, 0) is 37.3 Å². The number of furan rings is 1. The average molecular weight is 821 g/mol. The third-order valence-corrected chi connectivity index (χ3v) is 9.90. The molecule has 0 bridgehead atoms. The lowest BCUT2D eigenvalue weighted by Gasteiger charge is -2.27. The van der Waals surface area contributed by atoms with E-state index in [1.165, 1.54) is 24.5 Å². The molecule has 20 heteroatoms. The van der Waals surface area contributed by atoms with Gasteiger partial charge in [-0.25, -0.2) is 43.9 Å². The fourth-order valence-electron chi connectivity index (χ4n) is 6.99. The van der Waals surface area contributed by atoms with Crippen LogP contribution in [0.15, 0.2) is 84.1 Å². The van der Waals surface area contributed by atoms with Crippen LogP contribution in [0.3, 0.4) is 0 Å². The van der Waals surface area contributed by atoms with Gasteiger partial charge < -0.3 is 31.3 Å². The monoisotopic (exact) mass is 820 g/mol. The number of aldehydes is 1. The van der Waals surface area contributed by atoms with Gasteiger partial charge in [-0.2, -0.15) is 15.3 Å². The van der Waals surface area contributed by atoms with E-state index in [0.717, 1.165) is 27.9 Å². The Morgan fingerprint density at radius 3 is 1.64 bits per heavy atom. The molecule has 1 aliphatic heterocycles. The number of fused-ring (bicyclic) bond motifs is 3. The smallest absolute Gasteiger partial charge is 0.254 e. The van der Waals surface area contributed by atoms with E-state index in [-0.39, 0.29) is 11.7 Å². The second-order valence-electron chi connectivity index (χ2n) is 14.0. The molecule has 0 radical (unpaired) electrons. The van der Waals surface area contributed by atoms with Crippen LogP contribution in [0.5, 0.6) is 0 Å². The maximum absolute atomic E-state index is 12.7. The normalized spacial score (nSPS) is 12.6. The molecule has 6 N–H and O–H groups in total. The third kappa shape index (κ3) is 7.77. The molecule has 308 valence electrons. The maximum Gasteiger partial charge on any atom is 0.254 e. The molecule has 9 aromatic rings. The molecular weight excluding hydrogens is 781 g/mol. The molecule has 0 unspecified atom stereocenters. The molecule has 1 saturated heterocycles. The van der Waals surface area contributed by atoms with E-state index >= 15 is 0 Å². The largest absolute Gasteiger partial charge is 0.452 e. The summed E-state index contributed by atoms with van der Waals surface area (Å²) in [6.45, 7) is 4.41. The van der Waals surface area contributed by atoms with E-state index in [9.17, 15) is 9.59 Å². The van der Waals surface area contributed by atoms with Crippen LogP contribution >= 0.6 is 0 Å². The Morgan fingerprint density at radius 2 is 1.13 bits per heavy atom. The maximum atomic E-state index is 12.7. The Kier molecular flexibility index (Phi) is 10.8. The zero-order valence-electron chi connectivity index (χ0n) is 33.6. The summed E-state index contributed by atoms with van der Waals surface area (Å²) in [7, 11) is 5.41. The van der Waals surface area contributed by atoms with Gasteiger partial charge in [0, 0.05) is 50.9 Å². The summed E-state index contributed by atoms with van der Waals surface area (Å²) in [5.41, 5.74) is 25.5. The summed E-state index contributed by atoms with van der Waals surface area (Å²) in [6, 6.07) is 18.8. The van der Waals surface area contributed by atoms with E-state index in [1.54, 1.807) is 45.2 Å². The summed E-state index contributed by atoms with van der Waals surface area (Å²) in [4.78, 5) is 49.7. The zero-order chi connectivity index (χ0) is 42.8. The molecule has 7 aromatic heterocycles. The van der Waals surface area contributed by atoms with Crippen molar-refractivity contribution < 1.29 is 18.7 Å². The molecule has 1 aliphatic rings. The lowest BCUT2D eigenvalue weighted by Crippen LogP contribution is -2.40. The topological polar surface area (TPSA) is 269 Å². The van der Waals surface area contributed by atoms with Crippen molar-refractivity contribution >= 4 is 62.7 Å². The number of nitrogen functional groups attached to an aromatic ring is 3. The number of benzene rings is 2. The first-order chi connectivity index (χ1) is 29.5. The van der Waals surface area contributed by atoms with Crippen molar-refractivity contribution in [1.29, 1.82) is 0 Å². The Morgan fingerprint density at radius 1 is 0.639 bits per heavy atom. The predicted octanol–water partition coefficient (Wildman–Crippen LogP) is 4.02. The summed E-state index contributed by atoms with van der Waals surface area (Å²) in [5.74, 6) is 1.85. The minimum atomic E-state index is -0.00499. The molecule has 10 rings (SSSR count). The minimum Gasteiger partial charge on any atom is -0.452 e. The number of amides is 1. The first-order valence-corrected chi connectivity index (χ1v) is 18.9. The lowest BCUT2D eigenvalue weighted by atomic mass is 10.1. The van der Waals surface area contributed by atoms with Gasteiger partial charge in [-0.15, -0.1) is 0 Å².